The molecule has 0 bridgehead atoms. The summed E-state index contributed by atoms with van der Waals surface area (Å²) in [7, 11) is -3.86. The average molecular weight is 460 g/mol. The lowest BCUT2D eigenvalue weighted by molar-refractivity contribution is -0.119. The fraction of sp³-hybridized carbons (Fsp3) is 0.0909. The Morgan fingerprint density at radius 3 is 2.12 bits per heavy atom. The molecule has 0 aliphatic rings. The first-order valence-electron chi connectivity index (χ1n) is 9.25. The maximum atomic E-state index is 13.2. The van der Waals surface area contributed by atoms with Gasteiger partial charge in [0.05, 0.1) is 10.5 Å². The van der Waals surface area contributed by atoms with E-state index >= 15 is 0 Å². The minimum Gasteiger partial charge on any atom is -0.452 e. The van der Waals surface area contributed by atoms with E-state index in [1.54, 1.807) is 24.3 Å². The van der Waals surface area contributed by atoms with Crippen molar-refractivity contribution in [3.05, 3.63) is 89.5 Å². The zero-order valence-corrected chi connectivity index (χ0v) is 17.6. The van der Waals surface area contributed by atoms with E-state index in [-0.39, 0.29) is 16.1 Å². The minimum absolute atomic E-state index is 0.000542. The Balaban J connectivity index is 1.57. The molecule has 0 aliphatic carbocycles. The number of rotatable bonds is 7. The van der Waals surface area contributed by atoms with Gasteiger partial charge in [-0.3, -0.25) is 9.52 Å². The normalized spacial score (nSPS) is 11.0. The Morgan fingerprint density at radius 1 is 0.875 bits per heavy atom. The third-order valence-corrected chi connectivity index (χ3v) is 5.64. The predicted molar refractivity (Wildman–Crippen MR) is 114 cm³/mol. The molecular weight excluding hydrogens is 442 g/mol. The van der Waals surface area contributed by atoms with Crippen molar-refractivity contribution >= 4 is 33.3 Å². The van der Waals surface area contributed by atoms with Gasteiger partial charge in [0.2, 0.25) is 0 Å². The molecule has 3 aromatic carbocycles. The third kappa shape index (κ3) is 5.88. The summed E-state index contributed by atoms with van der Waals surface area (Å²) >= 11 is 0. The highest BCUT2D eigenvalue weighted by molar-refractivity contribution is 7.92. The number of carbonyl (C=O) groups is 2. The van der Waals surface area contributed by atoms with Gasteiger partial charge in [-0.05, 0) is 55.5 Å². The molecule has 7 nitrogen and oxygen atoms in total. The Bertz CT molecular complexity index is 1240. The van der Waals surface area contributed by atoms with Gasteiger partial charge in [0.1, 0.15) is 0 Å². The maximum Gasteiger partial charge on any atom is 0.338 e. The van der Waals surface area contributed by atoms with Gasteiger partial charge < -0.3 is 10.1 Å². The molecule has 0 atom stereocenters. The van der Waals surface area contributed by atoms with Crippen molar-refractivity contribution in [1.29, 1.82) is 0 Å². The molecule has 3 rings (SSSR count). The lowest BCUT2D eigenvalue weighted by Gasteiger charge is -2.09. The first kappa shape index (κ1) is 22.9. The molecule has 0 fully saturated rings. The van der Waals surface area contributed by atoms with Crippen LogP contribution in [-0.4, -0.2) is 26.9 Å². The van der Waals surface area contributed by atoms with Crippen LogP contribution in [0.25, 0.3) is 0 Å². The molecule has 0 saturated heterocycles. The molecule has 0 saturated carbocycles. The maximum absolute atomic E-state index is 13.2. The number of benzene rings is 3. The van der Waals surface area contributed by atoms with Crippen LogP contribution >= 0.6 is 0 Å². The number of ether oxygens (including phenoxy) is 1. The number of esters is 1. The highest BCUT2D eigenvalue weighted by Crippen LogP contribution is 2.18. The van der Waals surface area contributed by atoms with E-state index < -0.39 is 40.1 Å². The van der Waals surface area contributed by atoms with Crippen molar-refractivity contribution in [2.24, 2.45) is 0 Å². The standard InChI is InChI=1S/C22H18F2N2O5S/c1-14-2-6-16(7-3-14)26-32(29,30)18-9-4-15(5-10-18)22(28)31-13-21(27)25-17-8-11-19(23)20(24)12-17/h2-12,26H,13H2,1H3,(H,25,27). The van der Waals surface area contributed by atoms with Gasteiger partial charge in [0.25, 0.3) is 15.9 Å². The van der Waals surface area contributed by atoms with Crippen LogP contribution in [0, 0.1) is 18.6 Å². The van der Waals surface area contributed by atoms with E-state index in [2.05, 4.69) is 10.0 Å². The second-order valence-electron chi connectivity index (χ2n) is 6.75. The number of sulfonamides is 1. The zero-order chi connectivity index (χ0) is 23.3. The summed E-state index contributed by atoms with van der Waals surface area (Å²) in [6.07, 6.45) is 0. The fourth-order valence-corrected chi connectivity index (χ4v) is 3.65. The summed E-state index contributed by atoms with van der Waals surface area (Å²) in [5.41, 5.74) is 1.40. The van der Waals surface area contributed by atoms with Crippen LogP contribution < -0.4 is 10.0 Å². The molecular formula is C22H18F2N2O5S. The summed E-state index contributed by atoms with van der Waals surface area (Å²) in [4.78, 5) is 23.9. The van der Waals surface area contributed by atoms with Crippen LogP contribution in [0.5, 0.6) is 0 Å². The summed E-state index contributed by atoms with van der Waals surface area (Å²) in [6.45, 7) is 1.20. The first-order valence-corrected chi connectivity index (χ1v) is 10.7. The predicted octanol–water partition coefficient (Wildman–Crippen LogP) is 3.87. The summed E-state index contributed by atoms with van der Waals surface area (Å²) in [5, 5.41) is 2.26. The molecule has 0 radical (unpaired) electrons. The molecule has 2 N–H and O–H groups in total. The van der Waals surface area contributed by atoms with E-state index in [9.17, 15) is 26.8 Å². The lowest BCUT2D eigenvalue weighted by atomic mass is 10.2. The molecule has 3 aromatic rings. The highest BCUT2D eigenvalue weighted by Gasteiger charge is 2.16. The molecule has 32 heavy (non-hydrogen) atoms. The average Bonchev–Trinajstić information content (AvgIpc) is 2.76. The topological polar surface area (TPSA) is 102 Å². The molecule has 0 unspecified atom stereocenters. The minimum atomic E-state index is -3.86. The van der Waals surface area contributed by atoms with Crippen LogP contribution in [0.4, 0.5) is 20.2 Å². The van der Waals surface area contributed by atoms with Crippen LogP contribution in [0.15, 0.2) is 71.6 Å². The lowest BCUT2D eigenvalue weighted by Crippen LogP contribution is -2.21. The molecule has 0 spiro atoms. The van der Waals surface area contributed by atoms with Gasteiger partial charge >= 0.3 is 5.97 Å². The van der Waals surface area contributed by atoms with E-state index in [4.69, 9.17) is 4.74 Å². The van der Waals surface area contributed by atoms with E-state index in [0.717, 1.165) is 23.8 Å². The molecule has 0 aromatic heterocycles. The monoisotopic (exact) mass is 460 g/mol. The van der Waals surface area contributed by atoms with Gasteiger partial charge in [-0.2, -0.15) is 0 Å². The number of hydrogen-bond acceptors (Lipinski definition) is 5. The number of carbonyl (C=O) groups excluding carboxylic acids is 2. The van der Waals surface area contributed by atoms with Crippen molar-refractivity contribution in [1.82, 2.24) is 0 Å². The van der Waals surface area contributed by atoms with Crippen molar-refractivity contribution in [3.8, 4) is 0 Å². The first-order chi connectivity index (χ1) is 15.1. The second kappa shape index (κ2) is 9.56. The molecule has 166 valence electrons. The molecule has 0 heterocycles. The van der Waals surface area contributed by atoms with Crippen molar-refractivity contribution < 1.29 is 31.5 Å². The van der Waals surface area contributed by atoms with Crippen LogP contribution in [0.1, 0.15) is 15.9 Å². The molecule has 1 amide bonds. The Morgan fingerprint density at radius 2 is 1.50 bits per heavy atom. The molecule has 0 aliphatic heterocycles. The van der Waals surface area contributed by atoms with E-state index in [1.165, 1.54) is 24.3 Å². The van der Waals surface area contributed by atoms with Crippen molar-refractivity contribution in [3.63, 3.8) is 0 Å². The van der Waals surface area contributed by atoms with Gasteiger partial charge in [-0.25, -0.2) is 22.0 Å². The van der Waals surface area contributed by atoms with Gasteiger partial charge in [-0.15, -0.1) is 0 Å². The largest absolute Gasteiger partial charge is 0.452 e. The van der Waals surface area contributed by atoms with E-state index in [0.29, 0.717) is 5.69 Å². The smallest absolute Gasteiger partial charge is 0.338 e. The molecule has 10 heteroatoms. The van der Waals surface area contributed by atoms with Crippen LogP contribution in [0.3, 0.4) is 0 Å². The Kier molecular flexibility index (Phi) is 6.84. The second-order valence-corrected chi connectivity index (χ2v) is 8.43. The third-order valence-electron chi connectivity index (χ3n) is 4.24. The zero-order valence-electron chi connectivity index (χ0n) is 16.8. The number of nitrogens with one attached hydrogen (secondary N) is 2. The highest BCUT2D eigenvalue weighted by atomic mass is 32.2. The van der Waals surface area contributed by atoms with Crippen molar-refractivity contribution in [2.75, 3.05) is 16.6 Å². The number of hydrogen-bond donors (Lipinski definition) is 2. The Labute approximate surface area is 183 Å². The summed E-state index contributed by atoms with van der Waals surface area (Å²) < 4.78 is 58.3. The summed E-state index contributed by atoms with van der Waals surface area (Å²) in [5.74, 6) is -3.81. The summed E-state index contributed by atoms with van der Waals surface area (Å²) in [6, 6.07) is 14.5. The fourth-order valence-electron chi connectivity index (χ4n) is 2.59. The van der Waals surface area contributed by atoms with Crippen molar-refractivity contribution in [2.45, 2.75) is 11.8 Å². The van der Waals surface area contributed by atoms with Gasteiger partial charge in [-0.1, -0.05) is 17.7 Å². The number of amides is 1. The van der Waals surface area contributed by atoms with Gasteiger partial charge in [0.15, 0.2) is 18.2 Å². The SMILES string of the molecule is Cc1ccc(NS(=O)(=O)c2ccc(C(=O)OCC(=O)Nc3ccc(F)c(F)c3)cc2)cc1. The number of anilines is 2. The number of aryl methyl sites for hydroxylation is 1. The quantitative estimate of drug-likeness (QED) is 0.522. The van der Waals surface area contributed by atoms with Crippen LogP contribution in [0.2, 0.25) is 0 Å². The van der Waals surface area contributed by atoms with Gasteiger partial charge in [0, 0.05) is 17.4 Å². The Hall–Kier alpha value is -3.79. The van der Waals surface area contributed by atoms with E-state index in [1.807, 2.05) is 6.92 Å². The number of halogens is 2. The van der Waals surface area contributed by atoms with Crippen LogP contribution in [-0.2, 0) is 19.6 Å².